The van der Waals surface area contributed by atoms with Crippen LogP contribution in [0.15, 0.2) is 39.8 Å². The van der Waals surface area contributed by atoms with E-state index in [2.05, 4.69) is 69.1 Å². The number of nitrogens with zero attached hydrogens (tertiary/aromatic N) is 3. The van der Waals surface area contributed by atoms with Crippen LogP contribution < -0.4 is 20.9 Å². The van der Waals surface area contributed by atoms with E-state index in [1.54, 1.807) is 0 Å². The molecule has 8 nitrogen and oxygen atoms in total. The van der Waals surface area contributed by atoms with Gasteiger partial charge in [0.05, 0.1) is 25.3 Å². The van der Waals surface area contributed by atoms with Gasteiger partial charge < -0.3 is 25.4 Å². The summed E-state index contributed by atoms with van der Waals surface area (Å²) in [7, 11) is 0. The van der Waals surface area contributed by atoms with Crippen LogP contribution in [0.5, 0.6) is 0 Å². The maximum absolute atomic E-state index is 11.6. The van der Waals surface area contributed by atoms with Crippen molar-refractivity contribution in [3.63, 3.8) is 0 Å². The van der Waals surface area contributed by atoms with Crippen LogP contribution in [0.3, 0.4) is 0 Å². The standard InChI is InChI=1S/C23H34N6O2/c1-4-18(5-2)21-13-20(31-28-21)15-27-23(24-6-3)26-14-17-7-9-19(10-8-17)29-12-11-25-22(30)16-29/h7-10,13,18H,4-6,11-12,14-16H2,1-3H3,(H,25,30)(H2,24,26,27). The number of hydrogen-bond donors (Lipinski definition) is 3. The molecule has 0 saturated carbocycles. The zero-order valence-corrected chi connectivity index (χ0v) is 18.8. The van der Waals surface area contributed by atoms with Crippen molar-refractivity contribution in [3.05, 3.63) is 47.3 Å². The fraction of sp³-hybridized carbons (Fsp3) is 0.522. The molecule has 2 heterocycles. The van der Waals surface area contributed by atoms with Crippen LogP contribution >= 0.6 is 0 Å². The first-order valence-corrected chi connectivity index (χ1v) is 11.2. The number of benzene rings is 1. The number of rotatable bonds is 9. The van der Waals surface area contributed by atoms with Crippen molar-refractivity contribution in [2.24, 2.45) is 4.99 Å². The molecule has 1 aliphatic heterocycles. The van der Waals surface area contributed by atoms with E-state index in [4.69, 9.17) is 4.52 Å². The number of piperazine rings is 1. The maximum Gasteiger partial charge on any atom is 0.239 e. The van der Waals surface area contributed by atoms with Gasteiger partial charge in [-0.05, 0) is 37.5 Å². The Labute approximate surface area is 184 Å². The zero-order chi connectivity index (χ0) is 22.1. The zero-order valence-electron chi connectivity index (χ0n) is 18.8. The van der Waals surface area contributed by atoms with Gasteiger partial charge in [0.2, 0.25) is 5.91 Å². The minimum Gasteiger partial charge on any atom is -0.360 e. The van der Waals surface area contributed by atoms with Gasteiger partial charge in [-0.1, -0.05) is 31.1 Å². The molecule has 3 N–H and O–H groups in total. The average Bonchev–Trinajstić information content (AvgIpc) is 3.26. The Morgan fingerprint density at radius 2 is 2.00 bits per heavy atom. The van der Waals surface area contributed by atoms with E-state index < -0.39 is 0 Å². The molecule has 1 aromatic carbocycles. The number of carbonyl (C=O) groups excluding carboxylic acids is 1. The lowest BCUT2D eigenvalue weighted by molar-refractivity contribution is -0.120. The van der Waals surface area contributed by atoms with Gasteiger partial charge in [0.15, 0.2) is 11.7 Å². The third-order valence-electron chi connectivity index (χ3n) is 5.51. The molecule has 1 fully saturated rings. The van der Waals surface area contributed by atoms with Gasteiger partial charge in [-0.15, -0.1) is 0 Å². The summed E-state index contributed by atoms with van der Waals surface area (Å²) in [4.78, 5) is 18.4. The van der Waals surface area contributed by atoms with E-state index >= 15 is 0 Å². The molecule has 0 unspecified atom stereocenters. The number of aromatic nitrogens is 1. The van der Waals surface area contributed by atoms with E-state index in [9.17, 15) is 4.79 Å². The molecule has 3 rings (SSSR count). The first-order valence-electron chi connectivity index (χ1n) is 11.2. The smallest absolute Gasteiger partial charge is 0.239 e. The predicted octanol–water partition coefficient (Wildman–Crippen LogP) is 2.77. The summed E-state index contributed by atoms with van der Waals surface area (Å²) >= 11 is 0. The number of guanidine groups is 1. The highest BCUT2D eigenvalue weighted by Gasteiger charge is 2.16. The second-order valence-electron chi connectivity index (χ2n) is 7.72. The van der Waals surface area contributed by atoms with Gasteiger partial charge in [0.1, 0.15) is 0 Å². The van der Waals surface area contributed by atoms with Gasteiger partial charge in [-0.25, -0.2) is 4.99 Å². The minimum absolute atomic E-state index is 0.0695. The summed E-state index contributed by atoms with van der Waals surface area (Å²) in [6.07, 6.45) is 2.12. The molecule has 0 atom stereocenters. The van der Waals surface area contributed by atoms with E-state index in [0.29, 0.717) is 32.1 Å². The number of nitrogens with one attached hydrogen (secondary N) is 3. The second-order valence-corrected chi connectivity index (χ2v) is 7.72. The number of aliphatic imine (C=N–C) groups is 1. The van der Waals surface area contributed by atoms with Crippen molar-refractivity contribution in [1.82, 2.24) is 21.1 Å². The van der Waals surface area contributed by atoms with Gasteiger partial charge >= 0.3 is 0 Å². The van der Waals surface area contributed by atoms with Crippen molar-refractivity contribution < 1.29 is 9.32 Å². The van der Waals surface area contributed by atoms with Crippen LogP contribution in [0.2, 0.25) is 0 Å². The Kier molecular flexibility index (Phi) is 8.32. The van der Waals surface area contributed by atoms with Crippen LogP contribution in [0.4, 0.5) is 5.69 Å². The maximum atomic E-state index is 11.6. The number of amides is 1. The molecule has 0 spiro atoms. The monoisotopic (exact) mass is 426 g/mol. The van der Waals surface area contributed by atoms with Crippen molar-refractivity contribution in [1.29, 1.82) is 0 Å². The van der Waals surface area contributed by atoms with Crippen molar-refractivity contribution in [2.75, 3.05) is 31.1 Å². The molecule has 1 aliphatic rings. The Hall–Kier alpha value is -3.03. The fourth-order valence-corrected chi connectivity index (χ4v) is 3.67. The van der Waals surface area contributed by atoms with Crippen molar-refractivity contribution in [2.45, 2.75) is 52.6 Å². The van der Waals surface area contributed by atoms with Gasteiger partial charge in [0, 0.05) is 37.3 Å². The Morgan fingerprint density at radius 1 is 1.23 bits per heavy atom. The summed E-state index contributed by atoms with van der Waals surface area (Å²) in [5, 5.41) is 13.7. The van der Waals surface area contributed by atoms with Crippen LogP contribution in [0, 0.1) is 0 Å². The molecule has 1 amide bonds. The lowest BCUT2D eigenvalue weighted by Crippen LogP contribution is -2.47. The Morgan fingerprint density at radius 3 is 2.68 bits per heavy atom. The third-order valence-corrected chi connectivity index (χ3v) is 5.51. The lowest BCUT2D eigenvalue weighted by Gasteiger charge is -2.28. The first kappa shape index (κ1) is 22.7. The molecule has 1 saturated heterocycles. The van der Waals surface area contributed by atoms with E-state index in [0.717, 1.165) is 54.6 Å². The summed E-state index contributed by atoms with van der Waals surface area (Å²) in [6.45, 7) is 10.2. The average molecular weight is 427 g/mol. The Balaban J connectivity index is 1.56. The highest BCUT2D eigenvalue weighted by Crippen LogP contribution is 2.22. The number of anilines is 1. The number of carbonyl (C=O) groups is 1. The van der Waals surface area contributed by atoms with Crippen LogP contribution in [0.25, 0.3) is 0 Å². The van der Waals surface area contributed by atoms with Crippen molar-refractivity contribution >= 4 is 17.6 Å². The van der Waals surface area contributed by atoms with Gasteiger partial charge in [-0.3, -0.25) is 4.79 Å². The topological polar surface area (TPSA) is 94.8 Å². The van der Waals surface area contributed by atoms with Gasteiger partial charge in [0.25, 0.3) is 0 Å². The largest absolute Gasteiger partial charge is 0.360 e. The van der Waals surface area contributed by atoms with Crippen LogP contribution in [-0.2, 0) is 17.9 Å². The fourth-order valence-electron chi connectivity index (χ4n) is 3.67. The van der Waals surface area contributed by atoms with E-state index in [1.807, 2.05) is 13.0 Å². The highest BCUT2D eigenvalue weighted by atomic mass is 16.5. The van der Waals surface area contributed by atoms with Crippen molar-refractivity contribution in [3.8, 4) is 0 Å². The molecule has 0 aliphatic carbocycles. The molecular weight excluding hydrogens is 392 g/mol. The summed E-state index contributed by atoms with van der Waals surface area (Å²) < 4.78 is 5.49. The molecular formula is C23H34N6O2. The van der Waals surface area contributed by atoms with Gasteiger partial charge in [-0.2, -0.15) is 0 Å². The molecule has 2 aromatic rings. The summed E-state index contributed by atoms with van der Waals surface area (Å²) in [5.74, 6) is 2.06. The molecule has 31 heavy (non-hydrogen) atoms. The quantitative estimate of drug-likeness (QED) is 0.422. The van der Waals surface area contributed by atoms with E-state index in [1.165, 1.54) is 0 Å². The first-order chi connectivity index (χ1) is 15.1. The highest BCUT2D eigenvalue weighted by molar-refractivity contribution is 5.82. The SMILES string of the molecule is CCNC(=NCc1ccc(N2CCNC(=O)C2)cc1)NCc1cc(C(CC)CC)no1. The van der Waals surface area contributed by atoms with Crippen LogP contribution in [-0.4, -0.2) is 43.2 Å². The Bertz CT molecular complexity index is 857. The molecule has 168 valence electrons. The van der Waals surface area contributed by atoms with Crippen LogP contribution in [0.1, 0.15) is 56.5 Å². The predicted molar refractivity (Wildman–Crippen MR) is 123 cm³/mol. The molecule has 1 aromatic heterocycles. The summed E-state index contributed by atoms with van der Waals surface area (Å²) in [5.41, 5.74) is 3.19. The molecule has 0 bridgehead atoms. The number of hydrogen-bond acceptors (Lipinski definition) is 5. The molecule has 8 heteroatoms. The third kappa shape index (κ3) is 6.47. The summed E-state index contributed by atoms with van der Waals surface area (Å²) in [6, 6.07) is 10.3. The normalized spacial score (nSPS) is 14.6. The lowest BCUT2D eigenvalue weighted by atomic mass is 9.99. The minimum atomic E-state index is 0.0695. The van der Waals surface area contributed by atoms with E-state index in [-0.39, 0.29) is 5.91 Å². The molecule has 0 radical (unpaired) electrons. The second kappa shape index (κ2) is 11.4.